The number of rotatable bonds is 5. The minimum atomic E-state index is -4.17. The molecule has 1 aromatic carbocycles. The molecule has 2 rings (SSSR count). The highest BCUT2D eigenvalue weighted by Gasteiger charge is 2.29. The molecule has 2 nitrogen and oxygen atoms in total. The molecule has 1 heterocycles. The molecule has 0 bridgehead atoms. The first-order valence-corrected chi connectivity index (χ1v) is 7.14. The lowest BCUT2D eigenvalue weighted by Gasteiger charge is -2.21. The number of hydrogen-bond donors (Lipinski definition) is 1. The molecule has 0 amide bonds. The molecule has 0 aliphatic carbocycles. The molecule has 2 unspecified atom stereocenters. The molecule has 21 heavy (non-hydrogen) atoms. The fourth-order valence-corrected chi connectivity index (χ4v) is 2.81. The topological polar surface area (TPSA) is 15.3 Å². The molecule has 6 heteroatoms. The maximum Gasteiger partial charge on any atom is 0.401 e. The largest absolute Gasteiger partial charge is 0.401 e. The van der Waals surface area contributed by atoms with Gasteiger partial charge >= 0.3 is 6.18 Å². The van der Waals surface area contributed by atoms with Gasteiger partial charge in [-0.25, -0.2) is 4.39 Å². The van der Waals surface area contributed by atoms with Gasteiger partial charge in [0.1, 0.15) is 5.82 Å². The molecule has 1 saturated heterocycles. The normalized spacial score (nSPS) is 20.8. The third kappa shape index (κ3) is 5.19. The summed E-state index contributed by atoms with van der Waals surface area (Å²) in [6, 6.07) is 6.25. The van der Waals surface area contributed by atoms with Crippen LogP contribution in [0, 0.1) is 11.7 Å². The van der Waals surface area contributed by atoms with Crippen molar-refractivity contribution in [3.8, 4) is 0 Å². The Morgan fingerprint density at radius 2 is 2.14 bits per heavy atom. The van der Waals surface area contributed by atoms with E-state index < -0.39 is 12.7 Å². The molecule has 0 aromatic heterocycles. The lowest BCUT2D eigenvalue weighted by atomic mass is 10.00. The molecular weight excluding hydrogens is 284 g/mol. The smallest absolute Gasteiger partial charge is 0.371 e. The summed E-state index contributed by atoms with van der Waals surface area (Å²) < 4.78 is 49.6. The van der Waals surface area contributed by atoms with Crippen molar-refractivity contribution < 1.29 is 17.6 Å². The van der Waals surface area contributed by atoms with Gasteiger partial charge in [-0.1, -0.05) is 6.07 Å². The lowest BCUT2D eigenvalue weighted by Crippen LogP contribution is -2.36. The van der Waals surface area contributed by atoms with Gasteiger partial charge in [-0.15, -0.1) is 0 Å². The van der Waals surface area contributed by atoms with Gasteiger partial charge in [-0.05, 0) is 43.9 Å². The summed E-state index contributed by atoms with van der Waals surface area (Å²) >= 11 is 0. The molecule has 2 atom stereocenters. The standard InChI is InChI=1S/C15H20F4N2/c1-11(20-10-15(17,18)19)7-12-5-6-21(9-12)14-4-2-3-13(16)8-14/h2-4,8,11-12,20H,5-7,9-10H2,1H3. The first-order valence-electron chi connectivity index (χ1n) is 7.14. The Morgan fingerprint density at radius 1 is 1.38 bits per heavy atom. The van der Waals surface area contributed by atoms with Gasteiger partial charge < -0.3 is 10.2 Å². The average molecular weight is 304 g/mol. The maximum absolute atomic E-state index is 13.2. The number of hydrogen-bond acceptors (Lipinski definition) is 2. The number of anilines is 1. The predicted octanol–water partition coefficient (Wildman–Crippen LogP) is 3.58. The summed E-state index contributed by atoms with van der Waals surface area (Å²) in [5.74, 6) is 0.0696. The second-order valence-corrected chi connectivity index (χ2v) is 5.71. The summed E-state index contributed by atoms with van der Waals surface area (Å²) in [5.41, 5.74) is 0.841. The van der Waals surface area contributed by atoms with E-state index in [0.717, 1.165) is 25.2 Å². The van der Waals surface area contributed by atoms with Crippen molar-refractivity contribution in [3.63, 3.8) is 0 Å². The van der Waals surface area contributed by atoms with Gasteiger partial charge in [-0.2, -0.15) is 13.2 Å². The summed E-state index contributed by atoms with van der Waals surface area (Å²) in [7, 11) is 0. The molecular formula is C15H20F4N2. The van der Waals surface area contributed by atoms with E-state index in [1.54, 1.807) is 13.0 Å². The minimum Gasteiger partial charge on any atom is -0.371 e. The van der Waals surface area contributed by atoms with Crippen LogP contribution in [0.25, 0.3) is 0 Å². The summed E-state index contributed by atoms with van der Waals surface area (Å²) in [6.07, 6.45) is -2.55. The average Bonchev–Trinajstić information content (AvgIpc) is 2.84. The van der Waals surface area contributed by atoms with E-state index in [-0.39, 0.29) is 11.9 Å². The van der Waals surface area contributed by atoms with E-state index in [4.69, 9.17) is 0 Å². The maximum atomic E-state index is 13.2. The number of halogens is 4. The second kappa shape index (κ2) is 6.64. The first-order chi connectivity index (χ1) is 9.83. The molecule has 0 spiro atoms. The number of nitrogens with one attached hydrogen (secondary N) is 1. The van der Waals surface area contributed by atoms with Crippen molar-refractivity contribution in [1.82, 2.24) is 5.32 Å². The van der Waals surface area contributed by atoms with Crippen molar-refractivity contribution in [2.24, 2.45) is 5.92 Å². The molecule has 118 valence electrons. The van der Waals surface area contributed by atoms with E-state index >= 15 is 0 Å². The summed E-state index contributed by atoms with van der Waals surface area (Å²) in [5, 5.41) is 2.51. The molecule has 0 saturated carbocycles. The van der Waals surface area contributed by atoms with Gasteiger partial charge in [0.25, 0.3) is 0 Å². The van der Waals surface area contributed by atoms with Crippen molar-refractivity contribution in [3.05, 3.63) is 30.1 Å². The third-order valence-corrected chi connectivity index (χ3v) is 3.80. The highest BCUT2D eigenvalue weighted by atomic mass is 19.4. The van der Waals surface area contributed by atoms with Crippen LogP contribution in [-0.2, 0) is 0 Å². The SMILES string of the molecule is CC(CC1CCN(c2cccc(F)c2)C1)NCC(F)(F)F. The van der Waals surface area contributed by atoms with Crippen LogP contribution >= 0.6 is 0 Å². The molecule has 1 aliphatic heterocycles. The van der Waals surface area contributed by atoms with Gasteiger partial charge in [0.15, 0.2) is 0 Å². The van der Waals surface area contributed by atoms with Crippen LogP contribution in [0.5, 0.6) is 0 Å². The number of nitrogens with zero attached hydrogens (tertiary/aromatic N) is 1. The van der Waals surface area contributed by atoms with Crippen molar-refractivity contribution >= 4 is 5.69 Å². The Labute approximate surface area is 122 Å². The second-order valence-electron chi connectivity index (χ2n) is 5.71. The van der Waals surface area contributed by atoms with Gasteiger partial charge in [0, 0.05) is 24.8 Å². The quantitative estimate of drug-likeness (QED) is 0.837. The van der Waals surface area contributed by atoms with Crippen LogP contribution in [0.1, 0.15) is 19.8 Å². The van der Waals surface area contributed by atoms with Crippen molar-refractivity contribution in [2.75, 3.05) is 24.5 Å². The Hall–Kier alpha value is -1.30. The van der Waals surface area contributed by atoms with E-state index in [1.165, 1.54) is 12.1 Å². The van der Waals surface area contributed by atoms with Crippen molar-refractivity contribution in [2.45, 2.75) is 32.0 Å². The molecule has 1 fully saturated rings. The molecule has 1 N–H and O–H groups in total. The van der Waals surface area contributed by atoms with Crippen LogP contribution in [0.4, 0.5) is 23.2 Å². The predicted molar refractivity (Wildman–Crippen MR) is 74.9 cm³/mol. The monoisotopic (exact) mass is 304 g/mol. The van der Waals surface area contributed by atoms with Crippen LogP contribution in [0.2, 0.25) is 0 Å². The zero-order valence-electron chi connectivity index (χ0n) is 12.0. The first kappa shape index (κ1) is 16.1. The van der Waals surface area contributed by atoms with E-state index in [9.17, 15) is 17.6 Å². The summed E-state index contributed by atoms with van der Waals surface area (Å²) in [4.78, 5) is 2.09. The van der Waals surface area contributed by atoms with Crippen molar-refractivity contribution in [1.29, 1.82) is 0 Å². The Kier molecular flexibility index (Phi) is 5.08. The highest BCUT2D eigenvalue weighted by molar-refractivity contribution is 5.47. The van der Waals surface area contributed by atoms with Crippen LogP contribution in [-0.4, -0.2) is 31.9 Å². The van der Waals surface area contributed by atoms with E-state index in [2.05, 4.69) is 10.2 Å². The Bertz CT molecular complexity index is 461. The Balaban J connectivity index is 1.80. The van der Waals surface area contributed by atoms with Gasteiger partial charge in [-0.3, -0.25) is 0 Å². The third-order valence-electron chi connectivity index (χ3n) is 3.80. The lowest BCUT2D eigenvalue weighted by molar-refractivity contribution is -0.126. The van der Waals surface area contributed by atoms with Crippen LogP contribution in [0.15, 0.2) is 24.3 Å². The van der Waals surface area contributed by atoms with Gasteiger partial charge in [0.2, 0.25) is 0 Å². The zero-order chi connectivity index (χ0) is 15.5. The van der Waals surface area contributed by atoms with Crippen LogP contribution in [0.3, 0.4) is 0 Å². The number of benzene rings is 1. The molecule has 1 aliphatic rings. The zero-order valence-corrected chi connectivity index (χ0v) is 12.0. The fraction of sp³-hybridized carbons (Fsp3) is 0.600. The number of alkyl halides is 3. The van der Waals surface area contributed by atoms with Crippen LogP contribution < -0.4 is 10.2 Å². The Morgan fingerprint density at radius 3 is 2.81 bits per heavy atom. The highest BCUT2D eigenvalue weighted by Crippen LogP contribution is 2.27. The molecule has 1 aromatic rings. The fourth-order valence-electron chi connectivity index (χ4n) is 2.81. The van der Waals surface area contributed by atoms with E-state index in [0.29, 0.717) is 12.3 Å². The summed E-state index contributed by atoms with van der Waals surface area (Å²) in [6.45, 7) is 2.41. The van der Waals surface area contributed by atoms with E-state index in [1.807, 2.05) is 6.07 Å². The minimum absolute atomic E-state index is 0.177. The van der Waals surface area contributed by atoms with Gasteiger partial charge in [0.05, 0.1) is 6.54 Å². The molecule has 0 radical (unpaired) electrons.